The Kier molecular flexibility index (Phi) is 21.3. The summed E-state index contributed by atoms with van der Waals surface area (Å²) in [4.78, 5) is 33.4. The molecular formula is C33H58N2O11. The van der Waals surface area contributed by atoms with Crippen LogP contribution in [0.2, 0.25) is 0 Å². The van der Waals surface area contributed by atoms with Gasteiger partial charge in [-0.2, -0.15) is 0 Å². The number of ether oxygens (including phenoxy) is 4. The van der Waals surface area contributed by atoms with Crippen molar-refractivity contribution in [3.8, 4) is 5.75 Å². The van der Waals surface area contributed by atoms with E-state index in [-0.39, 0.29) is 63.1 Å². The minimum atomic E-state index is -0.890. The van der Waals surface area contributed by atoms with Crippen LogP contribution in [0.15, 0.2) is 18.2 Å². The first-order valence-corrected chi connectivity index (χ1v) is 15.8. The zero-order chi connectivity index (χ0) is 35.4. The molecule has 0 aliphatic carbocycles. The minimum absolute atomic E-state index is 0.200. The van der Waals surface area contributed by atoms with Crippen LogP contribution in [0.5, 0.6) is 5.75 Å². The van der Waals surface area contributed by atoms with Crippen LogP contribution in [0.25, 0.3) is 0 Å². The number of carboxylic acid groups (broad SMARTS) is 1. The number of aliphatic hydroxyl groups is 3. The van der Waals surface area contributed by atoms with Crippen molar-refractivity contribution in [2.45, 2.75) is 105 Å². The number of carbonyl (C=O) groups excluding carboxylic acids is 2. The van der Waals surface area contributed by atoms with Gasteiger partial charge < -0.3 is 50.4 Å². The van der Waals surface area contributed by atoms with Crippen LogP contribution in [0.4, 0.5) is 0 Å². The van der Waals surface area contributed by atoms with Crippen LogP contribution in [0, 0.1) is 11.8 Å². The highest BCUT2D eigenvalue weighted by atomic mass is 16.7. The monoisotopic (exact) mass is 658 g/mol. The lowest BCUT2D eigenvalue weighted by molar-refractivity contribution is -0.263. The second-order valence-corrected chi connectivity index (χ2v) is 13.0. The van der Waals surface area contributed by atoms with Gasteiger partial charge in [0.2, 0.25) is 5.91 Å². The Morgan fingerprint density at radius 1 is 1.02 bits per heavy atom. The molecule has 46 heavy (non-hydrogen) atoms. The molecule has 1 saturated heterocycles. The number of rotatable bonds is 15. The van der Waals surface area contributed by atoms with E-state index in [1.54, 1.807) is 19.1 Å². The van der Waals surface area contributed by atoms with E-state index in [2.05, 4.69) is 19.2 Å². The Balaban J connectivity index is 0.00000130. The summed E-state index contributed by atoms with van der Waals surface area (Å²) in [5, 5.41) is 38.5. The predicted octanol–water partition coefficient (Wildman–Crippen LogP) is 2.61. The molecule has 4 atom stereocenters. The van der Waals surface area contributed by atoms with Crippen molar-refractivity contribution in [1.29, 1.82) is 0 Å². The lowest BCUT2D eigenvalue weighted by atomic mass is 9.86. The number of nitrogens with two attached hydrogens (primary N) is 1. The maximum atomic E-state index is 12.0. The van der Waals surface area contributed by atoms with Gasteiger partial charge in [-0.05, 0) is 54.4 Å². The molecule has 1 fully saturated rings. The number of hydrogen-bond donors (Lipinski definition) is 6. The topological polar surface area (TPSA) is 207 Å². The van der Waals surface area contributed by atoms with Crippen LogP contribution in [-0.2, 0) is 29.2 Å². The van der Waals surface area contributed by atoms with Crippen molar-refractivity contribution in [1.82, 2.24) is 5.32 Å². The first kappa shape index (κ1) is 43.2. The van der Waals surface area contributed by atoms with E-state index < -0.39 is 36.5 Å². The maximum Gasteiger partial charge on any atom is 0.303 e. The van der Waals surface area contributed by atoms with Crippen molar-refractivity contribution in [2.24, 2.45) is 17.6 Å². The first-order chi connectivity index (χ1) is 21.4. The molecule has 2 unspecified atom stereocenters. The second-order valence-electron chi connectivity index (χ2n) is 13.0. The molecule has 0 spiro atoms. The largest absolute Gasteiger partial charge is 0.484 e. The van der Waals surface area contributed by atoms with Gasteiger partial charge in [0, 0.05) is 31.6 Å². The average molecular weight is 659 g/mol. The number of aliphatic carboxylic acids is 1. The lowest BCUT2D eigenvalue weighted by Gasteiger charge is -2.35. The van der Waals surface area contributed by atoms with Crippen molar-refractivity contribution >= 4 is 17.8 Å². The van der Waals surface area contributed by atoms with Crippen LogP contribution in [0.3, 0.4) is 0 Å². The van der Waals surface area contributed by atoms with Gasteiger partial charge in [0.25, 0.3) is 5.91 Å². The van der Waals surface area contributed by atoms with E-state index in [1.807, 2.05) is 34.6 Å². The zero-order valence-corrected chi connectivity index (χ0v) is 28.8. The van der Waals surface area contributed by atoms with Crippen LogP contribution in [0.1, 0.15) is 90.6 Å². The van der Waals surface area contributed by atoms with Gasteiger partial charge in [-0.15, -0.1) is 0 Å². The summed E-state index contributed by atoms with van der Waals surface area (Å²) in [7, 11) is 0. The Hall–Kier alpha value is -2.81. The predicted molar refractivity (Wildman–Crippen MR) is 174 cm³/mol. The first-order valence-electron chi connectivity index (χ1n) is 15.8. The second kappa shape index (κ2) is 22.7. The SMILES string of the molecule is CC(C)CC(=O)O.CC(C)CCO.C[C@@H]1OC(OCCOCCNC(=O)COc2cc(C(N)=O)cc(C(C)(C)C)c2)[C@H](O)CC1O. The highest BCUT2D eigenvalue weighted by molar-refractivity contribution is 5.93. The quantitative estimate of drug-likeness (QED) is 0.151. The minimum Gasteiger partial charge on any atom is -0.484 e. The van der Waals surface area contributed by atoms with Gasteiger partial charge in [-0.25, -0.2) is 0 Å². The van der Waals surface area contributed by atoms with Gasteiger partial charge >= 0.3 is 5.97 Å². The normalized spacial score (nSPS) is 19.4. The Morgan fingerprint density at radius 3 is 2.15 bits per heavy atom. The Bertz CT molecular complexity index is 1030. The number of carbonyl (C=O) groups is 3. The van der Waals surface area contributed by atoms with E-state index in [4.69, 9.17) is 34.9 Å². The fourth-order valence-electron chi connectivity index (χ4n) is 3.75. The summed E-state index contributed by atoms with van der Waals surface area (Å²) in [6.45, 7) is 16.8. The van der Waals surface area contributed by atoms with E-state index in [1.165, 1.54) is 6.07 Å². The number of primary amides is 1. The fourth-order valence-corrected chi connectivity index (χ4v) is 3.75. The molecular weight excluding hydrogens is 600 g/mol. The summed E-state index contributed by atoms with van der Waals surface area (Å²) in [6, 6.07) is 5.03. The van der Waals surface area contributed by atoms with Gasteiger partial charge in [0.05, 0.1) is 32.0 Å². The molecule has 7 N–H and O–H groups in total. The fraction of sp³-hybridized carbons (Fsp3) is 0.727. The molecule has 0 aromatic heterocycles. The summed E-state index contributed by atoms with van der Waals surface area (Å²) in [6.07, 6.45) is -1.40. The van der Waals surface area contributed by atoms with Crippen LogP contribution >= 0.6 is 0 Å². The third kappa shape index (κ3) is 20.3. The molecule has 0 saturated carbocycles. The third-order valence-electron chi connectivity index (χ3n) is 6.48. The highest BCUT2D eigenvalue weighted by Gasteiger charge is 2.34. The molecule has 1 aromatic carbocycles. The number of carboxylic acids is 1. The number of nitrogens with one attached hydrogen (secondary N) is 1. The summed E-state index contributed by atoms with van der Waals surface area (Å²) in [5.74, 6) is -0.285. The van der Waals surface area contributed by atoms with Crippen LogP contribution < -0.4 is 15.8 Å². The van der Waals surface area contributed by atoms with Gasteiger partial charge in [0.15, 0.2) is 12.9 Å². The smallest absolute Gasteiger partial charge is 0.303 e. The molecule has 1 aliphatic rings. The van der Waals surface area contributed by atoms with Gasteiger partial charge in [-0.1, -0.05) is 48.5 Å². The summed E-state index contributed by atoms with van der Waals surface area (Å²) < 4.78 is 21.8. The van der Waals surface area contributed by atoms with E-state index >= 15 is 0 Å². The molecule has 13 heteroatoms. The number of hydrogen-bond acceptors (Lipinski definition) is 10. The van der Waals surface area contributed by atoms with Gasteiger partial charge in [-0.3, -0.25) is 14.4 Å². The number of aliphatic hydroxyl groups excluding tert-OH is 3. The van der Waals surface area contributed by atoms with Crippen LogP contribution in [-0.4, -0.2) is 102 Å². The van der Waals surface area contributed by atoms with E-state index in [0.717, 1.165) is 12.0 Å². The molecule has 1 heterocycles. The molecule has 266 valence electrons. The third-order valence-corrected chi connectivity index (χ3v) is 6.48. The molecule has 0 radical (unpaired) electrons. The van der Waals surface area contributed by atoms with Crippen molar-refractivity contribution < 1.29 is 53.8 Å². The molecule has 13 nitrogen and oxygen atoms in total. The van der Waals surface area contributed by atoms with Crippen molar-refractivity contribution in [3.63, 3.8) is 0 Å². The highest BCUT2D eigenvalue weighted by Crippen LogP contribution is 2.27. The summed E-state index contributed by atoms with van der Waals surface area (Å²) >= 11 is 0. The average Bonchev–Trinajstić information content (AvgIpc) is 2.93. The maximum absolute atomic E-state index is 12.0. The van der Waals surface area contributed by atoms with Crippen molar-refractivity contribution in [3.05, 3.63) is 29.3 Å². The lowest BCUT2D eigenvalue weighted by Crippen LogP contribution is -2.47. The van der Waals surface area contributed by atoms with Crippen molar-refractivity contribution in [2.75, 3.05) is 39.6 Å². The number of amides is 2. The molecule has 0 bridgehead atoms. The summed E-state index contributed by atoms with van der Waals surface area (Å²) in [5.41, 5.74) is 6.39. The van der Waals surface area contributed by atoms with E-state index in [9.17, 15) is 24.6 Å². The van der Waals surface area contributed by atoms with E-state index in [0.29, 0.717) is 23.8 Å². The molecule has 2 rings (SSSR count). The molecule has 1 aromatic rings. The standard InChI is InChI=1S/C23H36N2O8.C5H10O2.C5H12O/c1-14-18(26)12-19(27)22(33-14)31-8-7-30-6-5-25-20(28)13-32-17-10-15(21(24)29)9-16(11-17)23(2,3)4;1-4(2)3-5(6)7;1-5(2)3-4-6/h9-11,14,18-19,22,26-27H,5-8,12-13H2,1-4H3,(H2,24,29)(H,25,28);4H,3H2,1-2H3,(H,6,7);5-6H,3-4H2,1-2H3/t14-,18?,19+,22?;;/m0../s1. The zero-order valence-electron chi connectivity index (χ0n) is 28.8. The Morgan fingerprint density at radius 2 is 1.67 bits per heavy atom. The molecule has 1 aliphatic heterocycles. The van der Waals surface area contributed by atoms with Gasteiger partial charge in [0.1, 0.15) is 11.9 Å². The molecule has 2 amide bonds. The number of benzene rings is 1. The Labute approximate surface area is 273 Å².